The number of carbonyl (C=O) groups excluding carboxylic acids is 2. The Morgan fingerprint density at radius 1 is 1.36 bits per heavy atom. The number of hydrogen-bond acceptors (Lipinski definition) is 6. The highest BCUT2D eigenvalue weighted by Crippen LogP contribution is 2.28. The van der Waals surface area contributed by atoms with Gasteiger partial charge in [0, 0.05) is 18.7 Å². The number of nitro benzene ring substituents is 1. The van der Waals surface area contributed by atoms with Crippen molar-refractivity contribution in [2.24, 2.45) is 0 Å². The molecule has 0 aromatic heterocycles. The molecule has 0 saturated carbocycles. The third kappa shape index (κ3) is 4.46. The number of amides is 1. The van der Waals surface area contributed by atoms with E-state index in [1.165, 1.54) is 19.2 Å². The molecule has 136 valence electrons. The minimum Gasteiger partial charge on any atom is -0.477 e. The lowest BCUT2D eigenvalue weighted by molar-refractivity contribution is -0.385. The van der Waals surface area contributed by atoms with Crippen LogP contribution in [0.5, 0.6) is 5.75 Å². The van der Waals surface area contributed by atoms with E-state index in [0.717, 1.165) is 31.7 Å². The SMILES string of the molecule is CC[C@@H]1CCCCN1C(=O)COc1ccc(C(=O)OC)cc1[N+](=O)[O-]. The Labute approximate surface area is 145 Å². The molecule has 0 N–H and O–H groups in total. The number of likely N-dealkylation sites (tertiary alicyclic amines) is 1. The van der Waals surface area contributed by atoms with Crippen molar-refractivity contribution in [3.05, 3.63) is 33.9 Å². The van der Waals surface area contributed by atoms with Crippen LogP contribution in [0.25, 0.3) is 0 Å². The molecular weight excluding hydrogens is 328 g/mol. The van der Waals surface area contributed by atoms with Crippen molar-refractivity contribution in [2.75, 3.05) is 20.3 Å². The van der Waals surface area contributed by atoms with Gasteiger partial charge in [-0.15, -0.1) is 0 Å². The van der Waals surface area contributed by atoms with Gasteiger partial charge in [-0.25, -0.2) is 4.79 Å². The molecular formula is C17H22N2O6. The first-order chi connectivity index (χ1) is 12.0. The van der Waals surface area contributed by atoms with Gasteiger partial charge in [-0.05, 0) is 37.8 Å². The maximum absolute atomic E-state index is 12.4. The fourth-order valence-corrected chi connectivity index (χ4v) is 3.00. The lowest BCUT2D eigenvalue weighted by Gasteiger charge is -2.35. The lowest BCUT2D eigenvalue weighted by atomic mass is 10.00. The number of nitrogens with zero attached hydrogens (tertiary/aromatic N) is 2. The quantitative estimate of drug-likeness (QED) is 0.444. The Hall–Kier alpha value is -2.64. The highest BCUT2D eigenvalue weighted by atomic mass is 16.6. The largest absolute Gasteiger partial charge is 0.477 e. The molecule has 1 aromatic carbocycles. The van der Waals surface area contributed by atoms with Crippen LogP contribution in [0, 0.1) is 10.1 Å². The summed E-state index contributed by atoms with van der Waals surface area (Å²) in [6, 6.07) is 3.96. The molecule has 1 saturated heterocycles. The molecule has 0 unspecified atom stereocenters. The highest BCUT2D eigenvalue weighted by molar-refractivity contribution is 5.90. The summed E-state index contributed by atoms with van der Waals surface area (Å²) in [7, 11) is 1.19. The first-order valence-electron chi connectivity index (χ1n) is 8.27. The topological polar surface area (TPSA) is 99.0 Å². The molecule has 1 atom stereocenters. The molecule has 0 radical (unpaired) electrons. The molecule has 0 bridgehead atoms. The molecule has 0 spiro atoms. The fraction of sp³-hybridized carbons (Fsp3) is 0.529. The molecule has 8 heteroatoms. The summed E-state index contributed by atoms with van der Waals surface area (Å²) < 4.78 is 9.94. The van der Waals surface area contributed by atoms with Gasteiger partial charge in [0.15, 0.2) is 12.4 Å². The van der Waals surface area contributed by atoms with Gasteiger partial charge in [0.1, 0.15) is 0 Å². The zero-order valence-corrected chi connectivity index (χ0v) is 14.4. The van der Waals surface area contributed by atoms with Crippen molar-refractivity contribution in [3.8, 4) is 5.75 Å². The predicted molar refractivity (Wildman–Crippen MR) is 89.6 cm³/mol. The van der Waals surface area contributed by atoms with Crippen LogP contribution in [-0.2, 0) is 9.53 Å². The Morgan fingerprint density at radius 2 is 2.12 bits per heavy atom. The third-order valence-corrected chi connectivity index (χ3v) is 4.35. The van der Waals surface area contributed by atoms with Crippen LogP contribution in [0.1, 0.15) is 43.0 Å². The Balaban J connectivity index is 2.10. The molecule has 25 heavy (non-hydrogen) atoms. The Morgan fingerprint density at radius 3 is 2.76 bits per heavy atom. The molecule has 1 aliphatic rings. The highest BCUT2D eigenvalue weighted by Gasteiger charge is 2.26. The van der Waals surface area contributed by atoms with Crippen molar-refractivity contribution >= 4 is 17.6 Å². The number of carbonyl (C=O) groups is 2. The first-order valence-corrected chi connectivity index (χ1v) is 8.27. The molecule has 1 aromatic rings. The van der Waals surface area contributed by atoms with Crippen LogP contribution in [0.15, 0.2) is 18.2 Å². The van der Waals surface area contributed by atoms with Gasteiger partial charge in [0.2, 0.25) is 0 Å². The van der Waals surface area contributed by atoms with Crippen LogP contribution < -0.4 is 4.74 Å². The van der Waals surface area contributed by atoms with E-state index in [0.29, 0.717) is 6.54 Å². The maximum atomic E-state index is 12.4. The van der Waals surface area contributed by atoms with E-state index in [-0.39, 0.29) is 35.6 Å². The summed E-state index contributed by atoms with van der Waals surface area (Å²) in [5.74, 6) is -0.904. The zero-order chi connectivity index (χ0) is 18.4. The van der Waals surface area contributed by atoms with E-state index in [1.807, 2.05) is 6.92 Å². The van der Waals surface area contributed by atoms with E-state index >= 15 is 0 Å². The van der Waals surface area contributed by atoms with Crippen LogP contribution >= 0.6 is 0 Å². The number of hydrogen-bond donors (Lipinski definition) is 0. The second-order valence-electron chi connectivity index (χ2n) is 5.86. The van der Waals surface area contributed by atoms with Crippen LogP contribution in [0.3, 0.4) is 0 Å². The molecule has 1 aliphatic heterocycles. The third-order valence-electron chi connectivity index (χ3n) is 4.35. The average Bonchev–Trinajstić information content (AvgIpc) is 2.65. The maximum Gasteiger partial charge on any atom is 0.338 e. The summed E-state index contributed by atoms with van der Waals surface area (Å²) in [5, 5.41) is 11.2. The van der Waals surface area contributed by atoms with Crippen molar-refractivity contribution in [1.82, 2.24) is 4.90 Å². The number of piperidine rings is 1. The first kappa shape index (κ1) is 18.7. The molecule has 1 heterocycles. The standard InChI is InChI=1S/C17H22N2O6/c1-3-13-6-4-5-9-18(13)16(20)11-25-15-8-7-12(17(21)24-2)10-14(15)19(22)23/h7-8,10,13H,3-6,9,11H2,1-2H3/t13-/m1/s1. The number of ether oxygens (including phenoxy) is 2. The molecule has 1 fully saturated rings. The van der Waals surface area contributed by atoms with E-state index in [4.69, 9.17) is 4.74 Å². The lowest BCUT2D eigenvalue weighted by Crippen LogP contribution is -2.45. The van der Waals surface area contributed by atoms with Crippen molar-refractivity contribution in [2.45, 2.75) is 38.6 Å². The van der Waals surface area contributed by atoms with Gasteiger partial charge >= 0.3 is 11.7 Å². The number of esters is 1. The van der Waals surface area contributed by atoms with Crippen LogP contribution in [0.2, 0.25) is 0 Å². The molecule has 8 nitrogen and oxygen atoms in total. The van der Waals surface area contributed by atoms with Crippen molar-refractivity contribution < 1.29 is 24.0 Å². The number of methoxy groups -OCH3 is 1. The molecule has 0 aliphatic carbocycles. The molecule has 1 amide bonds. The minimum absolute atomic E-state index is 0.0453. The number of rotatable bonds is 6. The summed E-state index contributed by atoms with van der Waals surface area (Å²) in [5.41, 5.74) is -0.323. The average molecular weight is 350 g/mol. The molecule has 2 rings (SSSR count). The summed E-state index contributed by atoms with van der Waals surface area (Å²) in [6.45, 7) is 2.45. The van der Waals surface area contributed by atoms with Gasteiger partial charge in [-0.1, -0.05) is 6.92 Å². The second kappa shape index (κ2) is 8.46. The van der Waals surface area contributed by atoms with E-state index in [2.05, 4.69) is 4.74 Å². The van der Waals surface area contributed by atoms with Gasteiger partial charge in [0.05, 0.1) is 17.6 Å². The minimum atomic E-state index is -0.676. The predicted octanol–water partition coefficient (Wildman–Crippen LogP) is 2.55. The van der Waals surface area contributed by atoms with E-state index < -0.39 is 10.9 Å². The zero-order valence-electron chi connectivity index (χ0n) is 14.4. The van der Waals surface area contributed by atoms with Crippen LogP contribution in [-0.4, -0.2) is 48.0 Å². The Kier molecular flexibility index (Phi) is 6.32. The van der Waals surface area contributed by atoms with E-state index in [1.54, 1.807) is 4.90 Å². The number of nitro groups is 1. The fourth-order valence-electron chi connectivity index (χ4n) is 3.00. The van der Waals surface area contributed by atoms with Gasteiger partial charge < -0.3 is 14.4 Å². The number of benzene rings is 1. The monoisotopic (exact) mass is 350 g/mol. The van der Waals surface area contributed by atoms with E-state index in [9.17, 15) is 19.7 Å². The van der Waals surface area contributed by atoms with Gasteiger partial charge in [0.25, 0.3) is 5.91 Å². The second-order valence-corrected chi connectivity index (χ2v) is 5.86. The van der Waals surface area contributed by atoms with Crippen LogP contribution in [0.4, 0.5) is 5.69 Å². The van der Waals surface area contributed by atoms with Crippen molar-refractivity contribution in [3.63, 3.8) is 0 Å². The summed E-state index contributed by atoms with van der Waals surface area (Å²) in [4.78, 5) is 36.2. The summed E-state index contributed by atoms with van der Waals surface area (Å²) >= 11 is 0. The summed E-state index contributed by atoms with van der Waals surface area (Å²) in [6.07, 6.45) is 3.90. The van der Waals surface area contributed by atoms with Crippen molar-refractivity contribution in [1.29, 1.82) is 0 Å². The normalized spacial score (nSPS) is 17.0. The van der Waals surface area contributed by atoms with Gasteiger partial charge in [-0.2, -0.15) is 0 Å². The Bertz CT molecular complexity index is 661. The van der Waals surface area contributed by atoms with Gasteiger partial charge in [-0.3, -0.25) is 14.9 Å². The smallest absolute Gasteiger partial charge is 0.338 e.